The van der Waals surface area contributed by atoms with Crippen LogP contribution in [-0.4, -0.2) is 24.2 Å². The van der Waals surface area contributed by atoms with E-state index < -0.39 is 17.8 Å². The number of rotatable bonds is 6. The molecule has 0 radical (unpaired) electrons. The molecule has 0 aliphatic heterocycles. The quantitative estimate of drug-likeness (QED) is 0.360. The molecule has 0 aromatic heterocycles. The van der Waals surface area contributed by atoms with Gasteiger partial charge in [0, 0.05) is 18.0 Å². The third kappa shape index (κ3) is 3.89. The first-order chi connectivity index (χ1) is 8.56. The molecule has 0 spiro atoms. The third-order valence-electron chi connectivity index (χ3n) is 2.15. The molecule has 0 aliphatic carbocycles. The number of aliphatic carboxylic acids is 1. The van der Waals surface area contributed by atoms with Gasteiger partial charge in [0.25, 0.3) is 0 Å². The van der Waals surface area contributed by atoms with Gasteiger partial charge in [0.15, 0.2) is 0 Å². The van der Waals surface area contributed by atoms with E-state index in [1.165, 1.54) is 12.1 Å². The Kier molecular flexibility index (Phi) is 5.38. The van der Waals surface area contributed by atoms with Crippen molar-refractivity contribution in [2.75, 3.05) is 13.1 Å². The minimum Gasteiger partial charge on any atom is -0.480 e. The fourth-order valence-electron chi connectivity index (χ4n) is 1.34. The normalized spacial score (nSPS) is 11.7. The number of hydrogen-bond acceptors (Lipinski definition) is 3. The Bertz CT molecular complexity index is 491. The maximum Gasteiger partial charge on any atom is 0.325 e. The number of azide groups is 1. The molecule has 2 N–H and O–H groups in total. The van der Waals surface area contributed by atoms with E-state index in [1.54, 1.807) is 0 Å². The minimum atomic E-state index is -1.13. The van der Waals surface area contributed by atoms with Crippen LogP contribution in [0.25, 0.3) is 10.4 Å². The van der Waals surface area contributed by atoms with Gasteiger partial charge in [-0.2, -0.15) is 0 Å². The number of halogens is 2. The van der Waals surface area contributed by atoms with Crippen molar-refractivity contribution in [3.05, 3.63) is 45.0 Å². The predicted octanol–water partition coefficient (Wildman–Crippen LogP) is 2.50. The summed E-state index contributed by atoms with van der Waals surface area (Å²) in [6, 6.07) is 2.65. The number of carboxylic acids is 1. The molecule has 6 nitrogen and oxygen atoms in total. The molecule has 0 heterocycles. The van der Waals surface area contributed by atoms with Crippen molar-refractivity contribution in [2.45, 2.75) is 6.04 Å². The molecule has 0 aliphatic rings. The van der Waals surface area contributed by atoms with Gasteiger partial charge in [-0.25, -0.2) is 4.39 Å². The van der Waals surface area contributed by atoms with Crippen LogP contribution in [0, 0.1) is 5.82 Å². The molecule has 1 atom stereocenters. The highest BCUT2D eigenvalue weighted by Gasteiger charge is 2.19. The Morgan fingerprint density at radius 2 is 2.39 bits per heavy atom. The van der Waals surface area contributed by atoms with Crippen LogP contribution in [0.4, 0.5) is 4.39 Å². The summed E-state index contributed by atoms with van der Waals surface area (Å²) in [5.41, 5.74) is 8.41. The van der Waals surface area contributed by atoms with Gasteiger partial charge in [0.2, 0.25) is 0 Å². The second kappa shape index (κ2) is 6.80. The molecule has 0 saturated heterocycles. The molecule has 8 heteroatoms. The lowest BCUT2D eigenvalue weighted by atomic mass is 10.1. The van der Waals surface area contributed by atoms with Crippen molar-refractivity contribution in [2.24, 2.45) is 5.11 Å². The highest BCUT2D eigenvalue weighted by atomic mass is 35.5. The minimum absolute atomic E-state index is 0.120. The Hall–Kier alpha value is -1.82. The zero-order valence-electron chi connectivity index (χ0n) is 9.18. The lowest BCUT2D eigenvalue weighted by molar-refractivity contribution is -0.139. The molecule has 1 aromatic carbocycles. The summed E-state index contributed by atoms with van der Waals surface area (Å²) in [6.45, 7) is 0.311. The highest BCUT2D eigenvalue weighted by molar-refractivity contribution is 6.30. The number of hydrogen-bond donors (Lipinski definition) is 2. The van der Waals surface area contributed by atoms with Crippen LogP contribution < -0.4 is 5.32 Å². The summed E-state index contributed by atoms with van der Waals surface area (Å²) in [7, 11) is 0. The number of carbonyl (C=O) groups is 1. The molecule has 1 aromatic rings. The Morgan fingerprint density at radius 3 is 2.94 bits per heavy atom. The monoisotopic (exact) mass is 272 g/mol. The molecular formula is C10H10ClFN4O2. The van der Waals surface area contributed by atoms with Gasteiger partial charge in [0.05, 0.1) is 5.02 Å². The van der Waals surface area contributed by atoms with Crippen LogP contribution in [0.15, 0.2) is 23.3 Å². The van der Waals surface area contributed by atoms with Gasteiger partial charge in [-0.05, 0) is 23.2 Å². The standard InChI is InChI=1S/C10H10ClFN4O2/c11-7-5-6(1-2-8(7)12)9(10(17)18)14-3-4-15-16-13/h1-2,5,9,14H,3-4H2,(H,17,18). The van der Waals surface area contributed by atoms with E-state index in [1.807, 2.05) is 0 Å². The van der Waals surface area contributed by atoms with Gasteiger partial charge in [-0.15, -0.1) is 0 Å². The maximum absolute atomic E-state index is 13.0. The average Bonchev–Trinajstić information content (AvgIpc) is 2.32. The van der Waals surface area contributed by atoms with Crippen LogP contribution in [0.1, 0.15) is 11.6 Å². The number of nitrogens with one attached hydrogen (secondary N) is 1. The number of carboxylic acid groups (broad SMARTS) is 1. The first kappa shape index (κ1) is 14.2. The van der Waals surface area contributed by atoms with Crippen molar-refractivity contribution in [1.29, 1.82) is 0 Å². The van der Waals surface area contributed by atoms with Crippen molar-refractivity contribution < 1.29 is 14.3 Å². The smallest absolute Gasteiger partial charge is 0.325 e. The highest BCUT2D eigenvalue weighted by Crippen LogP contribution is 2.21. The van der Waals surface area contributed by atoms with E-state index >= 15 is 0 Å². The van der Waals surface area contributed by atoms with E-state index in [4.69, 9.17) is 22.2 Å². The van der Waals surface area contributed by atoms with Gasteiger partial charge in [-0.1, -0.05) is 22.8 Å². The second-order valence-corrected chi connectivity index (χ2v) is 3.76. The summed E-state index contributed by atoms with van der Waals surface area (Å²) in [6.07, 6.45) is 0. The van der Waals surface area contributed by atoms with Crippen LogP contribution in [0.2, 0.25) is 5.02 Å². The second-order valence-electron chi connectivity index (χ2n) is 3.35. The SMILES string of the molecule is [N-]=[N+]=NCCNC(C(=O)O)c1ccc(F)c(Cl)c1. The van der Waals surface area contributed by atoms with Crippen LogP contribution >= 0.6 is 11.6 Å². The molecule has 18 heavy (non-hydrogen) atoms. The zero-order valence-corrected chi connectivity index (χ0v) is 9.93. The van der Waals surface area contributed by atoms with E-state index in [0.29, 0.717) is 5.56 Å². The topological polar surface area (TPSA) is 98.1 Å². The van der Waals surface area contributed by atoms with E-state index in [0.717, 1.165) is 6.07 Å². The molecular weight excluding hydrogens is 263 g/mol. The van der Waals surface area contributed by atoms with Gasteiger partial charge < -0.3 is 10.4 Å². The summed E-state index contributed by atoms with van der Waals surface area (Å²) >= 11 is 5.58. The largest absolute Gasteiger partial charge is 0.480 e. The van der Waals surface area contributed by atoms with E-state index in [9.17, 15) is 9.18 Å². The predicted molar refractivity (Wildman–Crippen MR) is 63.8 cm³/mol. The molecule has 0 fully saturated rings. The number of nitrogens with zero attached hydrogens (tertiary/aromatic N) is 3. The lowest BCUT2D eigenvalue weighted by Gasteiger charge is -2.14. The molecule has 0 amide bonds. The molecule has 0 bridgehead atoms. The van der Waals surface area contributed by atoms with E-state index in [2.05, 4.69) is 15.3 Å². The summed E-state index contributed by atoms with van der Waals surface area (Å²) in [5, 5.41) is 14.8. The number of benzene rings is 1. The average molecular weight is 273 g/mol. The van der Waals surface area contributed by atoms with Gasteiger partial charge >= 0.3 is 5.97 Å². The molecule has 0 saturated carbocycles. The molecule has 1 unspecified atom stereocenters. The Labute approximate surface area is 107 Å². The Balaban J connectivity index is 2.80. The molecule has 1 rings (SSSR count). The van der Waals surface area contributed by atoms with Crippen LogP contribution in [-0.2, 0) is 4.79 Å². The fourth-order valence-corrected chi connectivity index (χ4v) is 1.53. The summed E-state index contributed by atoms with van der Waals surface area (Å²) in [4.78, 5) is 13.6. The maximum atomic E-state index is 13.0. The molecule has 96 valence electrons. The third-order valence-corrected chi connectivity index (χ3v) is 2.44. The first-order valence-electron chi connectivity index (χ1n) is 4.98. The summed E-state index contributed by atoms with van der Waals surface area (Å²) < 4.78 is 13.0. The summed E-state index contributed by atoms with van der Waals surface area (Å²) in [5.74, 6) is -1.74. The lowest BCUT2D eigenvalue weighted by Crippen LogP contribution is -2.30. The van der Waals surface area contributed by atoms with Crippen LogP contribution in [0.3, 0.4) is 0 Å². The van der Waals surface area contributed by atoms with Crippen LogP contribution in [0.5, 0.6) is 0 Å². The van der Waals surface area contributed by atoms with Crippen molar-refractivity contribution >= 4 is 17.6 Å². The van der Waals surface area contributed by atoms with Gasteiger partial charge in [-0.3, -0.25) is 4.79 Å². The zero-order chi connectivity index (χ0) is 13.5. The van der Waals surface area contributed by atoms with Gasteiger partial charge in [0.1, 0.15) is 11.9 Å². The van der Waals surface area contributed by atoms with E-state index in [-0.39, 0.29) is 18.1 Å². The van der Waals surface area contributed by atoms with Crippen molar-refractivity contribution in [1.82, 2.24) is 5.32 Å². The Morgan fingerprint density at radius 1 is 1.67 bits per heavy atom. The van der Waals surface area contributed by atoms with Crippen molar-refractivity contribution in [3.63, 3.8) is 0 Å². The fraction of sp³-hybridized carbons (Fsp3) is 0.300. The van der Waals surface area contributed by atoms with Crippen molar-refractivity contribution in [3.8, 4) is 0 Å². The first-order valence-corrected chi connectivity index (χ1v) is 5.36.